The van der Waals surface area contributed by atoms with Crippen LogP contribution in [0.1, 0.15) is 41.3 Å². The van der Waals surface area contributed by atoms with E-state index >= 15 is 0 Å². The molecule has 1 aliphatic rings. The van der Waals surface area contributed by atoms with E-state index in [1.165, 1.54) is 18.4 Å². The molecule has 20 heavy (non-hydrogen) atoms. The highest BCUT2D eigenvalue weighted by Gasteiger charge is 2.20. The van der Waals surface area contributed by atoms with Gasteiger partial charge in [-0.15, -0.1) is 0 Å². The van der Waals surface area contributed by atoms with E-state index in [9.17, 15) is 4.79 Å². The van der Waals surface area contributed by atoms with E-state index < -0.39 is 0 Å². The highest BCUT2D eigenvalue weighted by molar-refractivity contribution is 5.93. The van der Waals surface area contributed by atoms with Crippen LogP contribution < -0.4 is 11.1 Å². The molecule has 0 saturated carbocycles. The number of hydrogen-bond acceptors (Lipinski definition) is 3. The molecule has 1 heterocycles. The number of piperidine rings is 1. The van der Waals surface area contributed by atoms with E-state index in [1.54, 1.807) is 0 Å². The molecule has 0 radical (unpaired) electrons. The molecule has 1 aliphatic heterocycles. The molecule has 0 aromatic heterocycles. The van der Waals surface area contributed by atoms with Crippen LogP contribution in [0.15, 0.2) is 18.2 Å². The van der Waals surface area contributed by atoms with Crippen LogP contribution in [0.5, 0.6) is 0 Å². The number of carbonyl (C=O) groups is 1. The Morgan fingerprint density at radius 3 is 2.85 bits per heavy atom. The average molecular weight is 275 g/mol. The van der Waals surface area contributed by atoms with Crippen LogP contribution in [0.2, 0.25) is 0 Å². The van der Waals surface area contributed by atoms with Crippen LogP contribution in [-0.2, 0) is 6.54 Å². The minimum absolute atomic E-state index is 0.358. The third-order valence-electron chi connectivity index (χ3n) is 4.19. The Bertz CT molecular complexity index is 467. The van der Waals surface area contributed by atoms with Crippen LogP contribution in [-0.4, -0.2) is 36.5 Å². The van der Waals surface area contributed by atoms with Crippen molar-refractivity contribution in [2.24, 2.45) is 5.73 Å². The van der Waals surface area contributed by atoms with Crippen molar-refractivity contribution in [2.75, 3.05) is 19.6 Å². The SMILES string of the molecule is CCN(Cc1ccc(C(N)=O)cc1C)C1CCCNC1. The Morgan fingerprint density at radius 2 is 2.30 bits per heavy atom. The molecule has 4 heteroatoms. The number of rotatable bonds is 5. The van der Waals surface area contributed by atoms with Gasteiger partial charge in [-0.1, -0.05) is 13.0 Å². The Hall–Kier alpha value is -1.39. The molecule has 2 rings (SSSR count). The first kappa shape index (κ1) is 15.0. The molecule has 1 fully saturated rings. The molecule has 110 valence electrons. The predicted molar refractivity (Wildman–Crippen MR) is 81.7 cm³/mol. The number of primary amides is 1. The largest absolute Gasteiger partial charge is 0.366 e. The Morgan fingerprint density at radius 1 is 1.50 bits per heavy atom. The summed E-state index contributed by atoms with van der Waals surface area (Å²) in [7, 11) is 0. The van der Waals surface area contributed by atoms with Crippen LogP contribution in [0, 0.1) is 6.92 Å². The average Bonchev–Trinajstić information content (AvgIpc) is 2.46. The first-order valence-corrected chi connectivity index (χ1v) is 7.46. The third-order valence-corrected chi connectivity index (χ3v) is 4.19. The van der Waals surface area contributed by atoms with Gasteiger partial charge in [0.25, 0.3) is 0 Å². The summed E-state index contributed by atoms with van der Waals surface area (Å²) in [6, 6.07) is 6.38. The van der Waals surface area contributed by atoms with Gasteiger partial charge < -0.3 is 11.1 Å². The van der Waals surface area contributed by atoms with E-state index in [1.807, 2.05) is 18.2 Å². The fourth-order valence-corrected chi connectivity index (χ4v) is 2.89. The number of amides is 1. The van der Waals surface area contributed by atoms with Gasteiger partial charge in [-0.2, -0.15) is 0 Å². The molecule has 1 unspecified atom stereocenters. The normalized spacial score (nSPS) is 19.2. The van der Waals surface area contributed by atoms with Crippen LogP contribution in [0.3, 0.4) is 0 Å². The Balaban J connectivity index is 2.08. The van der Waals surface area contributed by atoms with E-state index in [4.69, 9.17) is 5.73 Å². The minimum Gasteiger partial charge on any atom is -0.366 e. The molecule has 1 saturated heterocycles. The van der Waals surface area contributed by atoms with Gasteiger partial charge in [-0.05, 0) is 56.1 Å². The number of aryl methyl sites for hydroxylation is 1. The molecule has 3 N–H and O–H groups in total. The second-order valence-corrected chi connectivity index (χ2v) is 5.57. The molecule has 0 aliphatic carbocycles. The van der Waals surface area contributed by atoms with Crippen molar-refractivity contribution in [1.82, 2.24) is 10.2 Å². The summed E-state index contributed by atoms with van der Waals surface area (Å²) >= 11 is 0. The second-order valence-electron chi connectivity index (χ2n) is 5.57. The third kappa shape index (κ3) is 3.58. The maximum absolute atomic E-state index is 11.2. The van der Waals surface area contributed by atoms with Crippen LogP contribution in [0.4, 0.5) is 0 Å². The Labute approximate surface area is 121 Å². The first-order valence-electron chi connectivity index (χ1n) is 7.46. The van der Waals surface area contributed by atoms with Crippen LogP contribution in [0.25, 0.3) is 0 Å². The summed E-state index contributed by atoms with van der Waals surface area (Å²) in [6.07, 6.45) is 2.51. The van der Waals surface area contributed by atoms with Crippen LogP contribution >= 0.6 is 0 Å². The summed E-state index contributed by atoms with van der Waals surface area (Å²) < 4.78 is 0. The van der Waals surface area contributed by atoms with Gasteiger partial charge in [0.05, 0.1) is 0 Å². The number of nitrogens with two attached hydrogens (primary N) is 1. The van der Waals surface area contributed by atoms with Crippen molar-refractivity contribution in [1.29, 1.82) is 0 Å². The molecule has 1 amide bonds. The number of nitrogens with one attached hydrogen (secondary N) is 1. The van der Waals surface area contributed by atoms with E-state index in [0.29, 0.717) is 11.6 Å². The zero-order valence-corrected chi connectivity index (χ0v) is 12.5. The standard InChI is InChI=1S/C16H25N3O/c1-3-19(15-5-4-8-18-10-15)11-14-7-6-13(16(17)20)9-12(14)2/h6-7,9,15,18H,3-5,8,10-11H2,1-2H3,(H2,17,20). The van der Waals surface area contributed by atoms with Gasteiger partial charge in [-0.25, -0.2) is 0 Å². The first-order chi connectivity index (χ1) is 9.61. The van der Waals surface area contributed by atoms with Crippen molar-refractivity contribution in [3.8, 4) is 0 Å². The van der Waals surface area contributed by atoms with E-state index in [2.05, 4.69) is 24.1 Å². The lowest BCUT2D eigenvalue weighted by molar-refractivity contribution is 0.1000. The van der Waals surface area contributed by atoms with Gasteiger partial charge in [0, 0.05) is 24.7 Å². The van der Waals surface area contributed by atoms with Crippen molar-refractivity contribution in [2.45, 2.75) is 39.3 Å². The summed E-state index contributed by atoms with van der Waals surface area (Å²) in [5.41, 5.74) is 8.33. The second kappa shape index (κ2) is 6.86. The predicted octanol–water partition coefficient (Wildman–Crippen LogP) is 1.67. The number of hydrogen-bond donors (Lipinski definition) is 2. The van der Waals surface area contributed by atoms with Crippen molar-refractivity contribution in [3.05, 3.63) is 34.9 Å². The maximum atomic E-state index is 11.2. The van der Waals surface area contributed by atoms with E-state index in [-0.39, 0.29) is 5.91 Å². The van der Waals surface area contributed by atoms with Crippen molar-refractivity contribution in [3.63, 3.8) is 0 Å². The topological polar surface area (TPSA) is 58.4 Å². The summed E-state index contributed by atoms with van der Waals surface area (Å²) in [5.74, 6) is -0.358. The number of likely N-dealkylation sites (N-methyl/N-ethyl adjacent to an activating group) is 1. The summed E-state index contributed by atoms with van der Waals surface area (Å²) in [4.78, 5) is 13.7. The summed E-state index contributed by atoms with van der Waals surface area (Å²) in [5, 5.41) is 3.47. The molecule has 4 nitrogen and oxygen atoms in total. The summed E-state index contributed by atoms with van der Waals surface area (Å²) in [6.45, 7) is 8.46. The highest BCUT2D eigenvalue weighted by Crippen LogP contribution is 2.17. The van der Waals surface area contributed by atoms with Gasteiger partial charge >= 0.3 is 0 Å². The molecule has 1 atom stereocenters. The fourth-order valence-electron chi connectivity index (χ4n) is 2.89. The van der Waals surface area contributed by atoms with Crippen molar-refractivity contribution >= 4 is 5.91 Å². The van der Waals surface area contributed by atoms with E-state index in [0.717, 1.165) is 31.7 Å². The molecule has 0 bridgehead atoms. The lowest BCUT2D eigenvalue weighted by Gasteiger charge is -2.34. The molecular formula is C16H25N3O. The highest BCUT2D eigenvalue weighted by atomic mass is 16.1. The van der Waals surface area contributed by atoms with Gasteiger partial charge in [0.2, 0.25) is 5.91 Å². The molecule has 1 aromatic carbocycles. The fraction of sp³-hybridized carbons (Fsp3) is 0.562. The molecule has 0 spiro atoms. The lowest BCUT2D eigenvalue weighted by atomic mass is 10.0. The quantitative estimate of drug-likeness (QED) is 0.859. The monoisotopic (exact) mass is 275 g/mol. The number of carbonyl (C=O) groups excluding carboxylic acids is 1. The minimum atomic E-state index is -0.358. The van der Waals surface area contributed by atoms with Gasteiger partial charge in [0.15, 0.2) is 0 Å². The number of nitrogens with zero attached hydrogens (tertiary/aromatic N) is 1. The maximum Gasteiger partial charge on any atom is 0.248 e. The van der Waals surface area contributed by atoms with Crippen molar-refractivity contribution < 1.29 is 4.79 Å². The van der Waals surface area contributed by atoms with Gasteiger partial charge in [-0.3, -0.25) is 9.69 Å². The zero-order valence-electron chi connectivity index (χ0n) is 12.5. The van der Waals surface area contributed by atoms with Gasteiger partial charge in [0.1, 0.15) is 0 Å². The molecular weight excluding hydrogens is 250 g/mol. The molecule has 1 aromatic rings. The smallest absolute Gasteiger partial charge is 0.248 e. The Kier molecular flexibility index (Phi) is 5.15. The zero-order chi connectivity index (χ0) is 14.5. The number of benzene rings is 1. The lowest BCUT2D eigenvalue weighted by Crippen LogP contribution is -2.45.